The van der Waals surface area contributed by atoms with Gasteiger partial charge in [-0.2, -0.15) is 0 Å². The molecule has 7 heteroatoms. The fraction of sp³-hybridized carbons (Fsp3) is 0.120. The molecule has 1 aliphatic heterocycles. The number of nitrogens with zero attached hydrogens (tertiary/aromatic N) is 1. The lowest BCUT2D eigenvalue weighted by Crippen LogP contribution is -2.31. The van der Waals surface area contributed by atoms with E-state index in [9.17, 15) is 14.7 Å². The standard InChI is InChI=1S/C25H18BrNO4S/c1-13-5-7-17(14(2)10-13)27-22(20-4-3-9-32-20)21(24(29)25(27)30)23(28)19-12-15-11-16(26)6-8-18(15)31-19/h3-12,22,29H,1-2H3. The lowest BCUT2D eigenvalue weighted by atomic mass is 9.99. The van der Waals surface area contributed by atoms with Gasteiger partial charge < -0.3 is 9.52 Å². The summed E-state index contributed by atoms with van der Waals surface area (Å²) in [6.45, 7) is 3.89. The lowest BCUT2D eigenvalue weighted by Gasteiger charge is -2.27. The third kappa shape index (κ3) is 3.29. The third-order valence-electron chi connectivity index (χ3n) is 5.58. The van der Waals surface area contributed by atoms with Gasteiger partial charge in [-0.15, -0.1) is 11.3 Å². The van der Waals surface area contributed by atoms with Crippen molar-refractivity contribution in [2.75, 3.05) is 4.90 Å². The Hall–Kier alpha value is -3.16. The van der Waals surface area contributed by atoms with Gasteiger partial charge in [0.25, 0.3) is 5.91 Å². The predicted molar refractivity (Wildman–Crippen MR) is 128 cm³/mol. The van der Waals surface area contributed by atoms with Gasteiger partial charge in [0.1, 0.15) is 11.6 Å². The summed E-state index contributed by atoms with van der Waals surface area (Å²) in [5.74, 6) is -1.57. The molecule has 0 fully saturated rings. The zero-order chi connectivity index (χ0) is 22.6. The third-order valence-corrected chi connectivity index (χ3v) is 7.00. The summed E-state index contributed by atoms with van der Waals surface area (Å²) in [4.78, 5) is 29.1. The Labute approximate surface area is 196 Å². The molecule has 1 atom stereocenters. The van der Waals surface area contributed by atoms with E-state index in [1.165, 1.54) is 16.2 Å². The number of aliphatic hydroxyl groups is 1. The first-order chi connectivity index (χ1) is 15.3. The Morgan fingerprint density at radius 3 is 2.66 bits per heavy atom. The second-order valence-corrected chi connectivity index (χ2v) is 9.66. The average molecular weight is 508 g/mol. The number of benzene rings is 2. The van der Waals surface area contributed by atoms with Crippen LogP contribution in [0.4, 0.5) is 5.69 Å². The number of amides is 1. The van der Waals surface area contributed by atoms with Crippen molar-refractivity contribution >= 4 is 55.6 Å². The van der Waals surface area contributed by atoms with E-state index >= 15 is 0 Å². The highest BCUT2D eigenvalue weighted by molar-refractivity contribution is 9.10. The van der Waals surface area contributed by atoms with Crippen LogP contribution in [-0.4, -0.2) is 16.8 Å². The van der Waals surface area contributed by atoms with Crippen LogP contribution in [0.5, 0.6) is 0 Å². The van der Waals surface area contributed by atoms with E-state index in [0.29, 0.717) is 11.3 Å². The van der Waals surface area contributed by atoms with Gasteiger partial charge in [-0.05, 0) is 61.2 Å². The number of ketones is 1. The van der Waals surface area contributed by atoms with Crippen molar-refractivity contribution in [2.24, 2.45) is 0 Å². The normalized spacial score (nSPS) is 16.4. The summed E-state index contributed by atoms with van der Waals surface area (Å²) in [5.41, 5.74) is 3.18. The van der Waals surface area contributed by atoms with Crippen molar-refractivity contribution in [3.63, 3.8) is 0 Å². The smallest absolute Gasteiger partial charge is 0.294 e. The number of hydrogen-bond donors (Lipinski definition) is 1. The van der Waals surface area contributed by atoms with Crippen LogP contribution in [0.3, 0.4) is 0 Å². The molecule has 5 rings (SSSR count). The van der Waals surface area contributed by atoms with Crippen molar-refractivity contribution in [3.8, 4) is 0 Å². The second-order valence-electron chi connectivity index (χ2n) is 7.77. The molecular weight excluding hydrogens is 490 g/mol. The maximum Gasteiger partial charge on any atom is 0.294 e. The first-order valence-electron chi connectivity index (χ1n) is 9.96. The van der Waals surface area contributed by atoms with E-state index in [0.717, 1.165) is 25.9 Å². The first kappa shape index (κ1) is 20.7. The Kier molecular flexibility index (Phi) is 5.03. The number of carbonyl (C=O) groups is 2. The Balaban J connectivity index is 1.65. The zero-order valence-corrected chi connectivity index (χ0v) is 19.7. The van der Waals surface area contributed by atoms with Gasteiger partial charge in [-0.3, -0.25) is 14.5 Å². The number of aliphatic hydroxyl groups excluding tert-OH is 1. The van der Waals surface area contributed by atoms with Crippen molar-refractivity contribution in [3.05, 3.63) is 97.5 Å². The molecule has 0 saturated carbocycles. The number of Topliss-reactive ketones (excluding diaryl/α,β-unsaturated/α-hetero) is 1. The number of carbonyl (C=O) groups excluding carboxylic acids is 2. The summed E-state index contributed by atoms with van der Waals surface area (Å²) >= 11 is 4.84. The number of halogens is 1. The zero-order valence-electron chi connectivity index (χ0n) is 17.3. The second kappa shape index (κ2) is 7.76. The van der Waals surface area contributed by atoms with Gasteiger partial charge in [0.05, 0.1) is 5.57 Å². The highest BCUT2D eigenvalue weighted by Crippen LogP contribution is 2.44. The molecule has 3 heterocycles. The van der Waals surface area contributed by atoms with Gasteiger partial charge in [0.2, 0.25) is 5.78 Å². The van der Waals surface area contributed by atoms with E-state index < -0.39 is 23.5 Å². The van der Waals surface area contributed by atoms with Gasteiger partial charge in [0, 0.05) is 20.4 Å². The minimum atomic E-state index is -0.739. The highest BCUT2D eigenvalue weighted by atomic mass is 79.9. The van der Waals surface area contributed by atoms with Crippen LogP contribution in [0.2, 0.25) is 0 Å². The highest BCUT2D eigenvalue weighted by Gasteiger charge is 2.46. The molecule has 5 nitrogen and oxygen atoms in total. The lowest BCUT2D eigenvalue weighted by molar-refractivity contribution is -0.117. The largest absolute Gasteiger partial charge is 0.503 e. The number of aryl methyl sites for hydroxylation is 2. The molecule has 0 aliphatic carbocycles. The molecule has 2 aromatic carbocycles. The summed E-state index contributed by atoms with van der Waals surface area (Å²) in [7, 11) is 0. The fourth-order valence-electron chi connectivity index (χ4n) is 4.14. The SMILES string of the molecule is Cc1ccc(N2C(=O)C(O)=C(C(=O)c3cc4cc(Br)ccc4o3)C2c2cccs2)c(C)c1. The average Bonchev–Trinajstić information content (AvgIpc) is 3.47. The van der Waals surface area contributed by atoms with Crippen LogP contribution < -0.4 is 4.90 Å². The van der Waals surface area contributed by atoms with Crippen LogP contribution in [0.1, 0.15) is 32.6 Å². The summed E-state index contributed by atoms with van der Waals surface area (Å²) in [6.07, 6.45) is 0. The van der Waals surface area contributed by atoms with Crippen LogP contribution in [0.15, 0.2) is 80.2 Å². The van der Waals surface area contributed by atoms with Gasteiger partial charge in [-0.1, -0.05) is 39.7 Å². The summed E-state index contributed by atoms with van der Waals surface area (Å²) in [5, 5.41) is 13.5. The number of furan rings is 1. The molecule has 1 unspecified atom stereocenters. The monoisotopic (exact) mass is 507 g/mol. The van der Waals surface area contributed by atoms with Crippen LogP contribution >= 0.6 is 27.3 Å². The number of anilines is 1. The molecule has 0 radical (unpaired) electrons. The molecule has 1 N–H and O–H groups in total. The molecule has 0 spiro atoms. The van der Waals surface area contributed by atoms with Crippen LogP contribution in [-0.2, 0) is 4.79 Å². The fourth-order valence-corrected chi connectivity index (χ4v) is 5.34. The molecule has 0 saturated heterocycles. The van der Waals surface area contributed by atoms with Gasteiger partial charge in [-0.25, -0.2) is 0 Å². The molecule has 32 heavy (non-hydrogen) atoms. The Bertz CT molecular complexity index is 1420. The molecule has 0 bridgehead atoms. The maximum atomic E-state index is 13.6. The van der Waals surface area contributed by atoms with E-state index in [1.54, 1.807) is 12.1 Å². The molecule has 1 aliphatic rings. The topological polar surface area (TPSA) is 70.8 Å². The van der Waals surface area contributed by atoms with E-state index in [2.05, 4.69) is 15.9 Å². The van der Waals surface area contributed by atoms with Crippen LogP contribution in [0.25, 0.3) is 11.0 Å². The Morgan fingerprint density at radius 1 is 1.12 bits per heavy atom. The quantitative estimate of drug-likeness (QED) is 0.313. The van der Waals surface area contributed by atoms with Crippen molar-refractivity contribution in [2.45, 2.75) is 19.9 Å². The maximum absolute atomic E-state index is 13.6. The number of hydrogen-bond acceptors (Lipinski definition) is 5. The van der Waals surface area contributed by atoms with Crippen molar-refractivity contribution in [1.29, 1.82) is 0 Å². The van der Waals surface area contributed by atoms with Crippen molar-refractivity contribution < 1.29 is 19.1 Å². The van der Waals surface area contributed by atoms with E-state index in [-0.39, 0.29) is 11.3 Å². The molecule has 1 amide bonds. The molecule has 160 valence electrons. The summed E-state index contributed by atoms with van der Waals surface area (Å²) < 4.78 is 6.65. The Morgan fingerprint density at radius 2 is 1.94 bits per heavy atom. The van der Waals surface area contributed by atoms with Gasteiger partial charge in [0.15, 0.2) is 11.5 Å². The predicted octanol–water partition coefficient (Wildman–Crippen LogP) is 6.66. The molecule has 2 aromatic heterocycles. The van der Waals surface area contributed by atoms with Crippen LogP contribution in [0, 0.1) is 13.8 Å². The minimum absolute atomic E-state index is 0.0237. The van der Waals surface area contributed by atoms with E-state index in [4.69, 9.17) is 4.42 Å². The van der Waals surface area contributed by atoms with Gasteiger partial charge >= 0.3 is 0 Å². The molecular formula is C25H18BrNO4S. The number of rotatable bonds is 4. The summed E-state index contributed by atoms with van der Waals surface area (Å²) in [6, 6.07) is 15.8. The number of thiophene rings is 1. The first-order valence-corrected chi connectivity index (χ1v) is 11.6. The van der Waals surface area contributed by atoms with Crippen molar-refractivity contribution in [1.82, 2.24) is 0 Å². The minimum Gasteiger partial charge on any atom is -0.503 e. The van der Waals surface area contributed by atoms with E-state index in [1.807, 2.05) is 61.7 Å². The number of fused-ring (bicyclic) bond motifs is 1. The molecule has 4 aromatic rings.